The van der Waals surface area contributed by atoms with Crippen LogP contribution in [0.4, 0.5) is 5.69 Å². The third-order valence-corrected chi connectivity index (χ3v) is 1.62. The first kappa shape index (κ1) is 9.14. The van der Waals surface area contributed by atoms with Gasteiger partial charge in [0.15, 0.2) is 0 Å². The van der Waals surface area contributed by atoms with Crippen LogP contribution < -0.4 is 5.32 Å². The summed E-state index contributed by atoms with van der Waals surface area (Å²) < 4.78 is 0. The molecule has 64 valence electrons. The molecule has 0 bridgehead atoms. The van der Waals surface area contributed by atoms with Gasteiger partial charge < -0.3 is 5.32 Å². The second kappa shape index (κ2) is 4.83. The summed E-state index contributed by atoms with van der Waals surface area (Å²) in [6, 6.07) is 10.0. The van der Waals surface area contributed by atoms with Crippen molar-refractivity contribution in [1.29, 1.82) is 0 Å². The van der Waals surface area contributed by atoms with E-state index < -0.39 is 0 Å². The van der Waals surface area contributed by atoms with E-state index >= 15 is 0 Å². The molecule has 0 radical (unpaired) electrons. The van der Waals surface area contributed by atoms with Crippen LogP contribution in [0.1, 0.15) is 6.92 Å². The molecule has 2 heteroatoms. The average molecular weight is 182 g/mol. The van der Waals surface area contributed by atoms with Gasteiger partial charge in [-0.25, -0.2) is 0 Å². The highest BCUT2D eigenvalue weighted by Crippen LogP contribution is 2.05. The molecule has 1 aromatic carbocycles. The van der Waals surface area contributed by atoms with Crippen molar-refractivity contribution in [2.45, 2.75) is 6.92 Å². The van der Waals surface area contributed by atoms with Crippen molar-refractivity contribution in [3.8, 4) is 0 Å². The molecule has 1 rings (SSSR count). The van der Waals surface area contributed by atoms with E-state index in [-0.39, 0.29) is 0 Å². The predicted molar refractivity (Wildman–Crippen MR) is 54.5 cm³/mol. The van der Waals surface area contributed by atoms with Crippen molar-refractivity contribution in [3.63, 3.8) is 0 Å². The minimum absolute atomic E-state index is 0.777. The van der Waals surface area contributed by atoms with Crippen molar-refractivity contribution in [1.82, 2.24) is 0 Å². The Labute approximate surface area is 78.1 Å². The van der Waals surface area contributed by atoms with Gasteiger partial charge in [-0.05, 0) is 19.1 Å². The lowest BCUT2D eigenvalue weighted by molar-refractivity contribution is 1.32. The standard InChI is InChI=1S/C10H12ClN/c1-9(11)7-8-12-10-5-3-2-4-6-10/h2-7,12H,8H2,1H3/b9-7-. The monoisotopic (exact) mass is 181 g/mol. The molecule has 0 aliphatic rings. The molecule has 0 heterocycles. The van der Waals surface area contributed by atoms with E-state index in [1.807, 2.05) is 43.3 Å². The minimum Gasteiger partial charge on any atom is -0.382 e. The van der Waals surface area contributed by atoms with Crippen LogP contribution in [0.25, 0.3) is 0 Å². The number of nitrogens with one attached hydrogen (secondary N) is 1. The normalized spacial score (nSPS) is 11.3. The van der Waals surface area contributed by atoms with Crippen LogP contribution in [0.15, 0.2) is 41.4 Å². The lowest BCUT2D eigenvalue weighted by Gasteiger charge is -2.01. The number of rotatable bonds is 3. The number of para-hydroxylation sites is 1. The van der Waals surface area contributed by atoms with Gasteiger partial charge in [0.05, 0.1) is 0 Å². The fraction of sp³-hybridized carbons (Fsp3) is 0.200. The van der Waals surface area contributed by atoms with E-state index in [9.17, 15) is 0 Å². The van der Waals surface area contributed by atoms with Crippen LogP contribution in [0.5, 0.6) is 0 Å². The summed E-state index contributed by atoms with van der Waals surface area (Å²) in [7, 11) is 0. The summed E-state index contributed by atoms with van der Waals surface area (Å²) in [6.45, 7) is 2.65. The maximum Gasteiger partial charge on any atom is 0.0344 e. The lowest BCUT2D eigenvalue weighted by atomic mass is 10.3. The number of anilines is 1. The van der Waals surface area contributed by atoms with Crippen LogP contribution >= 0.6 is 11.6 Å². The molecule has 0 unspecified atom stereocenters. The number of hydrogen-bond acceptors (Lipinski definition) is 1. The Bertz CT molecular complexity index is 250. The van der Waals surface area contributed by atoms with Gasteiger partial charge in [-0.3, -0.25) is 0 Å². The van der Waals surface area contributed by atoms with Crippen LogP contribution in [0.2, 0.25) is 0 Å². The number of allylic oxidation sites excluding steroid dienone is 1. The van der Waals surface area contributed by atoms with Crippen molar-refractivity contribution in [2.75, 3.05) is 11.9 Å². The SMILES string of the molecule is C/C(Cl)=C/CNc1ccccc1. The van der Waals surface area contributed by atoms with Crippen molar-refractivity contribution in [2.24, 2.45) is 0 Å². The molecule has 1 N–H and O–H groups in total. The minimum atomic E-state index is 0.777. The molecule has 1 aromatic rings. The highest BCUT2D eigenvalue weighted by molar-refractivity contribution is 6.29. The second-order valence-electron chi connectivity index (χ2n) is 2.54. The highest BCUT2D eigenvalue weighted by atomic mass is 35.5. The zero-order chi connectivity index (χ0) is 8.81. The van der Waals surface area contributed by atoms with Crippen LogP contribution in [0.3, 0.4) is 0 Å². The summed E-state index contributed by atoms with van der Waals surface area (Å²) in [4.78, 5) is 0. The molecule has 12 heavy (non-hydrogen) atoms. The zero-order valence-corrected chi connectivity index (χ0v) is 7.81. The molecule has 0 saturated heterocycles. The number of halogens is 1. The molecule has 0 atom stereocenters. The maximum atomic E-state index is 5.67. The van der Waals surface area contributed by atoms with E-state index in [4.69, 9.17) is 11.6 Å². The fourth-order valence-corrected chi connectivity index (χ4v) is 0.943. The molecule has 0 saturated carbocycles. The molecule has 0 spiro atoms. The molecule has 1 nitrogen and oxygen atoms in total. The van der Waals surface area contributed by atoms with E-state index in [2.05, 4.69) is 5.32 Å². The smallest absolute Gasteiger partial charge is 0.0344 e. The Hall–Kier alpha value is -0.950. The second-order valence-corrected chi connectivity index (χ2v) is 3.13. The van der Waals surface area contributed by atoms with Gasteiger partial charge in [-0.1, -0.05) is 35.9 Å². The number of hydrogen-bond donors (Lipinski definition) is 1. The lowest BCUT2D eigenvalue weighted by Crippen LogP contribution is -1.97. The summed E-state index contributed by atoms with van der Waals surface area (Å²) in [5.74, 6) is 0. The van der Waals surface area contributed by atoms with Crippen LogP contribution in [-0.2, 0) is 0 Å². The topological polar surface area (TPSA) is 12.0 Å². The highest BCUT2D eigenvalue weighted by Gasteiger charge is 1.85. The maximum absolute atomic E-state index is 5.67. The third kappa shape index (κ3) is 3.44. The fourth-order valence-electron chi connectivity index (χ4n) is 0.866. The first-order chi connectivity index (χ1) is 5.79. The molecule has 0 aromatic heterocycles. The summed E-state index contributed by atoms with van der Waals surface area (Å²) >= 11 is 5.67. The predicted octanol–water partition coefficient (Wildman–Crippen LogP) is 3.24. The van der Waals surface area contributed by atoms with Gasteiger partial charge in [-0.15, -0.1) is 0 Å². The van der Waals surface area contributed by atoms with E-state index in [0.717, 1.165) is 17.3 Å². The molecular formula is C10H12ClN. The van der Waals surface area contributed by atoms with Gasteiger partial charge >= 0.3 is 0 Å². The van der Waals surface area contributed by atoms with E-state index in [1.54, 1.807) is 0 Å². The van der Waals surface area contributed by atoms with Gasteiger partial charge in [0.1, 0.15) is 0 Å². The van der Waals surface area contributed by atoms with Crippen molar-refractivity contribution < 1.29 is 0 Å². The zero-order valence-electron chi connectivity index (χ0n) is 7.05. The average Bonchev–Trinajstić information content (AvgIpc) is 2.05. The molecule has 0 aliphatic heterocycles. The van der Waals surface area contributed by atoms with Crippen molar-refractivity contribution >= 4 is 17.3 Å². The van der Waals surface area contributed by atoms with E-state index in [0.29, 0.717) is 0 Å². The Balaban J connectivity index is 2.39. The molecule has 0 fully saturated rings. The Morgan fingerprint density at radius 3 is 2.67 bits per heavy atom. The molecular weight excluding hydrogens is 170 g/mol. The first-order valence-corrected chi connectivity index (χ1v) is 4.28. The summed E-state index contributed by atoms with van der Waals surface area (Å²) in [6.07, 6.45) is 1.94. The third-order valence-electron chi connectivity index (χ3n) is 1.46. The Morgan fingerprint density at radius 2 is 2.08 bits per heavy atom. The summed E-state index contributed by atoms with van der Waals surface area (Å²) in [5.41, 5.74) is 1.12. The quantitative estimate of drug-likeness (QED) is 0.755. The summed E-state index contributed by atoms with van der Waals surface area (Å²) in [5, 5.41) is 4.03. The molecule has 0 aliphatic carbocycles. The van der Waals surface area contributed by atoms with Gasteiger partial charge in [-0.2, -0.15) is 0 Å². The van der Waals surface area contributed by atoms with Gasteiger partial charge in [0.2, 0.25) is 0 Å². The van der Waals surface area contributed by atoms with E-state index in [1.165, 1.54) is 0 Å². The Morgan fingerprint density at radius 1 is 1.42 bits per heavy atom. The van der Waals surface area contributed by atoms with Crippen LogP contribution in [-0.4, -0.2) is 6.54 Å². The Kier molecular flexibility index (Phi) is 3.68. The van der Waals surface area contributed by atoms with Gasteiger partial charge in [0.25, 0.3) is 0 Å². The largest absolute Gasteiger partial charge is 0.382 e. The first-order valence-electron chi connectivity index (χ1n) is 3.90. The molecule has 0 amide bonds. The number of benzene rings is 1. The van der Waals surface area contributed by atoms with Gasteiger partial charge in [0, 0.05) is 17.3 Å². The van der Waals surface area contributed by atoms with Crippen LogP contribution in [0, 0.1) is 0 Å². The van der Waals surface area contributed by atoms with Crippen molar-refractivity contribution in [3.05, 3.63) is 41.4 Å².